The first-order valence-corrected chi connectivity index (χ1v) is 5.70. The minimum atomic E-state index is 0.105. The van der Waals surface area contributed by atoms with Crippen molar-refractivity contribution in [1.29, 1.82) is 0 Å². The predicted octanol–water partition coefficient (Wildman–Crippen LogP) is 3.40. The van der Waals surface area contributed by atoms with Gasteiger partial charge in [-0.25, -0.2) is 0 Å². The molecule has 0 saturated heterocycles. The summed E-state index contributed by atoms with van der Waals surface area (Å²) < 4.78 is 5.07. The molecule has 1 unspecified atom stereocenters. The SMILES string of the molecule is COC(C)CCC(=O)c1sccc1Cl. The molecule has 78 valence electrons. The molecule has 0 aliphatic carbocycles. The Balaban J connectivity index is 2.47. The van der Waals surface area contributed by atoms with Crippen LogP contribution in [0.4, 0.5) is 0 Å². The van der Waals surface area contributed by atoms with Gasteiger partial charge in [0.1, 0.15) is 0 Å². The quantitative estimate of drug-likeness (QED) is 0.728. The van der Waals surface area contributed by atoms with Crippen LogP contribution >= 0.6 is 22.9 Å². The van der Waals surface area contributed by atoms with E-state index in [1.54, 1.807) is 13.2 Å². The van der Waals surface area contributed by atoms with Gasteiger partial charge in [-0.05, 0) is 24.8 Å². The second-order valence-corrected chi connectivity index (χ2v) is 4.43. The molecule has 0 saturated carbocycles. The fourth-order valence-corrected chi connectivity index (χ4v) is 2.19. The van der Waals surface area contributed by atoms with E-state index in [9.17, 15) is 4.79 Å². The summed E-state index contributed by atoms with van der Waals surface area (Å²) in [6, 6.07) is 1.75. The zero-order valence-corrected chi connectivity index (χ0v) is 9.82. The first-order valence-electron chi connectivity index (χ1n) is 4.44. The summed E-state index contributed by atoms with van der Waals surface area (Å²) in [7, 11) is 1.65. The lowest BCUT2D eigenvalue weighted by Crippen LogP contribution is -2.08. The summed E-state index contributed by atoms with van der Waals surface area (Å²) in [6.45, 7) is 1.95. The number of hydrogen-bond donors (Lipinski definition) is 0. The van der Waals surface area contributed by atoms with Gasteiger partial charge < -0.3 is 4.74 Å². The zero-order valence-electron chi connectivity index (χ0n) is 8.25. The third-order valence-electron chi connectivity index (χ3n) is 2.05. The van der Waals surface area contributed by atoms with Crippen molar-refractivity contribution in [3.05, 3.63) is 21.3 Å². The molecule has 1 atom stereocenters. The van der Waals surface area contributed by atoms with Crippen molar-refractivity contribution in [3.8, 4) is 0 Å². The van der Waals surface area contributed by atoms with E-state index in [-0.39, 0.29) is 11.9 Å². The summed E-state index contributed by atoms with van der Waals surface area (Å²) in [5, 5.41) is 2.39. The summed E-state index contributed by atoms with van der Waals surface area (Å²) in [5.41, 5.74) is 0. The van der Waals surface area contributed by atoms with Crippen molar-refractivity contribution in [1.82, 2.24) is 0 Å². The highest BCUT2D eigenvalue weighted by atomic mass is 35.5. The van der Waals surface area contributed by atoms with Gasteiger partial charge in [-0.15, -0.1) is 11.3 Å². The molecule has 0 aliphatic heterocycles. The highest BCUT2D eigenvalue weighted by molar-refractivity contribution is 7.12. The van der Waals surface area contributed by atoms with Crippen LogP contribution in [0.2, 0.25) is 5.02 Å². The van der Waals surface area contributed by atoms with Crippen molar-refractivity contribution >= 4 is 28.7 Å². The number of carbonyl (C=O) groups is 1. The number of ketones is 1. The molecule has 1 aromatic heterocycles. The lowest BCUT2D eigenvalue weighted by atomic mass is 10.1. The van der Waals surface area contributed by atoms with Crippen molar-refractivity contribution < 1.29 is 9.53 Å². The molecule has 0 spiro atoms. The molecule has 4 heteroatoms. The summed E-state index contributed by atoms with van der Waals surface area (Å²) >= 11 is 7.24. The van der Waals surface area contributed by atoms with Gasteiger partial charge in [-0.1, -0.05) is 11.6 Å². The Labute approximate surface area is 92.8 Å². The Morgan fingerprint density at radius 1 is 1.71 bits per heavy atom. The van der Waals surface area contributed by atoms with Gasteiger partial charge in [-0.2, -0.15) is 0 Å². The van der Waals surface area contributed by atoms with E-state index >= 15 is 0 Å². The van der Waals surface area contributed by atoms with E-state index in [0.717, 1.165) is 6.42 Å². The largest absolute Gasteiger partial charge is 0.382 e. The van der Waals surface area contributed by atoms with Crippen molar-refractivity contribution in [2.24, 2.45) is 0 Å². The van der Waals surface area contributed by atoms with Crippen molar-refractivity contribution in [2.75, 3.05) is 7.11 Å². The third-order valence-corrected chi connectivity index (χ3v) is 3.43. The smallest absolute Gasteiger partial charge is 0.174 e. The second kappa shape index (κ2) is 5.49. The first kappa shape index (κ1) is 11.7. The molecule has 1 aromatic rings. The number of ether oxygens (including phenoxy) is 1. The van der Waals surface area contributed by atoms with Gasteiger partial charge in [0, 0.05) is 13.5 Å². The molecular formula is C10H13ClO2S. The maximum absolute atomic E-state index is 11.6. The Morgan fingerprint density at radius 2 is 2.43 bits per heavy atom. The molecule has 1 rings (SSSR count). The summed E-state index contributed by atoms with van der Waals surface area (Å²) in [6.07, 6.45) is 1.36. The minimum Gasteiger partial charge on any atom is -0.382 e. The molecule has 0 fully saturated rings. The highest BCUT2D eigenvalue weighted by Crippen LogP contribution is 2.24. The minimum absolute atomic E-state index is 0.105. The Morgan fingerprint density at radius 3 is 2.93 bits per heavy atom. The monoisotopic (exact) mass is 232 g/mol. The third kappa shape index (κ3) is 3.08. The predicted molar refractivity (Wildman–Crippen MR) is 59.4 cm³/mol. The van der Waals surface area contributed by atoms with Gasteiger partial charge in [0.15, 0.2) is 5.78 Å². The number of Topliss-reactive ketones (excluding diaryl/α,β-unsaturated/α-hetero) is 1. The van der Waals surface area contributed by atoms with Gasteiger partial charge >= 0.3 is 0 Å². The molecule has 0 N–H and O–H groups in total. The maximum atomic E-state index is 11.6. The van der Waals surface area contributed by atoms with Gasteiger partial charge in [0.2, 0.25) is 0 Å². The number of methoxy groups -OCH3 is 1. The van der Waals surface area contributed by atoms with Crippen LogP contribution < -0.4 is 0 Å². The van der Waals surface area contributed by atoms with Crippen LogP contribution in [-0.4, -0.2) is 19.0 Å². The molecule has 0 aliphatic rings. The van der Waals surface area contributed by atoms with Crippen LogP contribution in [0, 0.1) is 0 Å². The topological polar surface area (TPSA) is 26.3 Å². The summed E-state index contributed by atoms with van der Waals surface area (Å²) in [5.74, 6) is 0.105. The van der Waals surface area contributed by atoms with E-state index in [1.165, 1.54) is 11.3 Å². The number of halogens is 1. The van der Waals surface area contributed by atoms with Crippen LogP contribution in [0.1, 0.15) is 29.4 Å². The molecular weight excluding hydrogens is 220 g/mol. The van der Waals surface area contributed by atoms with E-state index in [4.69, 9.17) is 16.3 Å². The molecule has 0 bridgehead atoms. The van der Waals surface area contributed by atoms with Crippen LogP contribution in [0.3, 0.4) is 0 Å². The number of carbonyl (C=O) groups excluding carboxylic acids is 1. The zero-order chi connectivity index (χ0) is 10.6. The van der Waals surface area contributed by atoms with Crippen molar-refractivity contribution in [3.63, 3.8) is 0 Å². The molecule has 1 heterocycles. The number of thiophene rings is 1. The lowest BCUT2D eigenvalue weighted by Gasteiger charge is -2.07. The van der Waals surface area contributed by atoms with Gasteiger partial charge in [-0.3, -0.25) is 4.79 Å². The van der Waals surface area contributed by atoms with E-state index in [2.05, 4.69) is 0 Å². The standard InChI is InChI=1S/C10H13ClO2S/c1-7(13-2)3-4-9(12)10-8(11)5-6-14-10/h5-7H,3-4H2,1-2H3. The van der Waals surface area contributed by atoms with Crippen molar-refractivity contribution in [2.45, 2.75) is 25.9 Å². The average molecular weight is 233 g/mol. The van der Waals surface area contributed by atoms with E-state index < -0.39 is 0 Å². The Kier molecular flexibility index (Phi) is 4.58. The second-order valence-electron chi connectivity index (χ2n) is 3.11. The Hall–Kier alpha value is -0.380. The number of rotatable bonds is 5. The first-order chi connectivity index (χ1) is 6.65. The molecule has 14 heavy (non-hydrogen) atoms. The normalized spacial score (nSPS) is 12.8. The average Bonchev–Trinajstić information content (AvgIpc) is 2.60. The fraction of sp³-hybridized carbons (Fsp3) is 0.500. The Bertz CT molecular complexity index is 309. The lowest BCUT2D eigenvalue weighted by molar-refractivity contribution is 0.0881. The molecule has 0 radical (unpaired) electrons. The van der Waals surface area contributed by atoms with Gasteiger partial charge in [0.05, 0.1) is 16.0 Å². The van der Waals surface area contributed by atoms with E-state index in [0.29, 0.717) is 16.3 Å². The summed E-state index contributed by atoms with van der Waals surface area (Å²) in [4.78, 5) is 12.3. The molecule has 0 amide bonds. The fourth-order valence-electron chi connectivity index (χ4n) is 1.06. The maximum Gasteiger partial charge on any atom is 0.174 e. The van der Waals surface area contributed by atoms with Crippen LogP contribution in [0.25, 0.3) is 0 Å². The van der Waals surface area contributed by atoms with Crippen LogP contribution in [0.5, 0.6) is 0 Å². The number of hydrogen-bond acceptors (Lipinski definition) is 3. The van der Waals surface area contributed by atoms with Crippen LogP contribution in [-0.2, 0) is 4.74 Å². The van der Waals surface area contributed by atoms with Gasteiger partial charge in [0.25, 0.3) is 0 Å². The highest BCUT2D eigenvalue weighted by Gasteiger charge is 2.12. The van der Waals surface area contributed by atoms with Crippen LogP contribution in [0.15, 0.2) is 11.4 Å². The molecule has 0 aromatic carbocycles. The van der Waals surface area contributed by atoms with E-state index in [1.807, 2.05) is 12.3 Å². The molecule has 2 nitrogen and oxygen atoms in total.